The Bertz CT molecular complexity index is 1200. The zero-order valence-corrected chi connectivity index (χ0v) is 18.1. The lowest BCUT2D eigenvalue weighted by molar-refractivity contribution is -0.115. The number of rotatable bonds is 3. The zero-order valence-electron chi connectivity index (χ0n) is 17.3. The fourth-order valence-corrected chi connectivity index (χ4v) is 4.74. The maximum absolute atomic E-state index is 13.6. The van der Waals surface area contributed by atoms with E-state index >= 15 is 0 Å². The van der Waals surface area contributed by atoms with Crippen LogP contribution in [0.25, 0.3) is 11.0 Å². The SMILES string of the molecule is CCN1C2=C(NC1C)C(=O)N(c1cc(C)c3nnn(C)c3c1)C2c1ccc(Cl)cc1. The number of nitrogens with one attached hydrogen (secondary N) is 1. The summed E-state index contributed by atoms with van der Waals surface area (Å²) in [5.74, 6) is -0.0263. The Balaban J connectivity index is 1.70. The molecule has 8 heteroatoms. The number of aromatic nitrogens is 3. The van der Waals surface area contributed by atoms with Crippen molar-refractivity contribution in [2.24, 2.45) is 7.05 Å². The molecule has 3 heterocycles. The highest BCUT2D eigenvalue weighted by atomic mass is 35.5. The van der Waals surface area contributed by atoms with Crippen LogP contribution in [0.3, 0.4) is 0 Å². The molecule has 5 rings (SSSR count). The summed E-state index contributed by atoms with van der Waals surface area (Å²) in [7, 11) is 1.86. The number of likely N-dealkylation sites (N-methyl/N-ethyl adjacent to an activating group) is 1. The van der Waals surface area contributed by atoms with Gasteiger partial charge in [0.05, 0.1) is 17.4 Å². The van der Waals surface area contributed by atoms with Crippen LogP contribution in [0.2, 0.25) is 5.02 Å². The first kappa shape index (κ1) is 18.9. The molecule has 0 aliphatic carbocycles. The fraction of sp³-hybridized carbons (Fsp3) is 0.318. The van der Waals surface area contributed by atoms with Crippen molar-refractivity contribution in [2.75, 3.05) is 11.4 Å². The van der Waals surface area contributed by atoms with Gasteiger partial charge < -0.3 is 10.2 Å². The van der Waals surface area contributed by atoms with E-state index in [1.54, 1.807) is 4.68 Å². The average molecular weight is 423 g/mol. The number of hydrogen-bond donors (Lipinski definition) is 1. The molecule has 0 saturated carbocycles. The maximum Gasteiger partial charge on any atom is 0.277 e. The first-order chi connectivity index (χ1) is 14.4. The van der Waals surface area contributed by atoms with Crippen molar-refractivity contribution in [3.63, 3.8) is 0 Å². The van der Waals surface area contributed by atoms with E-state index < -0.39 is 0 Å². The van der Waals surface area contributed by atoms with E-state index in [1.807, 2.05) is 55.3 Å². The Morgan fingerprint density at radius 3 is 2.63 bits per heavy atom. The number of carbonyl (C=O) groups excluding carboxylic acids is 1. The van der Waals surface area contributed by atoms with E-state index in [2.05, 4.69) is 34.4 Å². The van der Waals surface area contributed by atoms with Crippen molar-refractivity contribution in [1.29, 1.82) is 0 Å². The number of halogens is 1. The van der Waals surface area contributed by atoms with Crippen LogP contribution in [0.15, 0.2) is 47.8 Å². The zero-order chi connectivity index (χ0) is 21.2. The number of carbonyl (C=O) groups is 1. The lowest BCUT2D eigenvalue weighted by Gasteiger charge is -2.35. The van der Waals surface area contributed by atoms with Gasteiger partial charge in [-0.15, -0.1) is 5.10 Å². The third-order valence-corrected chi connectivity index (χ3v) is 6.29. The molecule has 3 aromatic rings. The number of nitrogens with zero attached hydrogens (tertiary/aromatic N) is 5. The number of hydrogen-bond acceptors (Lipinski definition) is 5. The molecule has 0 spiro atoms. The molecule has 2 aromatic carbocycles. The number of amides is 1. The van der Waals surface area contributed by atoms with Crippen LogP contribution in [-0.2, 0) is 11.8 Å². The molecule has 2 unspecified atom stereocenters. The van der Waals surface area contributed by atoms with E-state index in [1.165, 1.54) is 0 Å². The van der Waals surface area contributed by atoms with Crippen molar-refractivity contribution in [3.8, 4) is 0 Å². The Morgan fingerprint density at radius 1 is 1.20 bits per heavy atom. The van der Waals surface area contributed by atoms with Crippen molar-refractivity contribution in [2.45, 2.75) is 33.0 Å². The van der Waals surface area contributed by atoms with Gasteiger partial charge in [-0.3, -0.25) is 9.69 Å². The predicted molar refractivity (Wildman–Crippen MR) is 117 cm³/mol. The van der Waals surface area contributed by atoms with Crippen LogP contribution in [0, 0.1) is 6.92 Å². The standard InChI is InChI=1S/C22H23ClN6O/c1-5-28-13(3)24-19-21(28)20(14-6-8-15(23)9-7-14)29(22(19)30)16-10-12(2)18-17(11-16)27(4)26-25-18/h6-11,13,20,24H,5H2,1-4H3. The van der Waals surface area contributed by atoms with Crippen LogP contribution < -0.4 is 10.2 Å². The van der Waals surface area contributed by atoms with Crippen molar-refractivity contribution < 1.29 is 4.79 Å². The third-order valence-electron chi connectivity index (χ3n) is 6.03. The highest BCUT2D eigenvalue weighted by Gasteiger charge is 2.48. The molecule has 0 radical (unpaired) electrons. The molecule has 1 amide bonds. The fourth-order valence-electron chi connectivity index (χ4n) is 4.62. The topological polar surface area (TPSA) is 66.3 Å². The van der Waals surface area contributed by atoms with Gasteiger partial charge in [-0.25, -0.2) is 4.68 Å². The molecule has 0 fully saturated rings. The van der Waals surface area contributed by atoms with Crippen LogP contribution in [0.1, 0.15) is 31.0 Å². The van der Waals surface area contributed by atoms with Crippen LogP contribution in [0.4, 0.5) is 5.69 Å². The summed E-state index contributed by atoms with van der Waals surface area (Å²) in [6.45, 7) is 6.99. The molecule has 0 saturated heterocycles. The lowest BCUT2D eigenvalue weighted by atomic mass is 10.0. The summed E-state index contributed by atoms with van der Waals surface area (Å²) in [6, 6.07) is 11.5. The second kappa shape index (κ2) is 6.74. The minimum absolute atomic E-state index is 0.0263. The number of anilines is 1. The largest absolute Gasteiger partial charge is 0.359 e. The first-order valence-electron chi connectivity index (χ1n) is 10.1. The van der Waals surface area contributed by atoms with E-state index in [0.717, 1.165) is 40.1 Å². The first-order valence-corrected chi connectivity index (χ1v) is 10.4. The molecule has 154 valence electrons. The molecular formula is C22H23ClN6O. The molecular weight excluding hydrogens is 400 g/mol. The van der Waals surface area contributed by atoms with Crippen molar-refractivity contribution in [1.82, 2.24) is 25.2 Å². The van der Waals surface area contributed by atoms with E-state index in [-0.39, 0.29) is 18.1 Å². The minimum Gasteiger partial charge on any atom is -0.359 e. The number of fused-ring (bicyclic) bond motifs is 1. The van der Waals surface area contributed by atoms with Crippen LogP contribution >= 0.6 is 11.6 Å². The van der Waals surface area contributed by atoms with Gasteiger partial charge >= 0.3 is 0 Å². The molecule has 7 nitrogen and oxygen atoms in total. The highest BCUT2D eigenvalue weighted by molar-refractivity contribution is 6.30. The van der Waals surface area contributed by atoms with E-state index in [4.69, 9.17) is 11.6 Å². The molecule has 2 atom stereocenters. The maximum atomic E-state index is 13.6. The molecule has 1 aromatic heterocycles. The second-order valence-electron chi connectivity index (χ2n) is 7.84. The molecule has 30 heavy (non-hydrogen) atoms. The summed E-state index contributed by atoms with van der Waals surface area (Å²) < 4.78 is 1.74. The highest BCUT2D eigenvalue weighted by Crippen LogP contribution is 2.45. The summed E-state index contributed by atoms with van der Waals surface area (Å²) in [5, 5.41) is 12.5. The Kier molecular flexibility index (Phi) is 4.25. The quantitative estimate of drug-likeness (QED) is 0.699. The molecule has 2 aliphatic rings. The Labute approximate surface area is 179 Å². The average Bonchev–Trinajstić information content (AvgIpc) is 3.34. The number of benzene rings is 2. The minimum atomic E-state index is -0.236. The number of aryl methyl sites for hydroxylation is 2. The lowest BCUT2D eigenvalue weighted by Crippen LogP contribution is -2.43. The molecule has 1 N–H and O–H groups in total. The van der Waals surface area contributed by atoms with Gasteiger partial charge in [0.1, 0.15) is 17.3 Å². The normalized spacial score (nSPS) is 21.0. The van der Waals surface area contributed by atoms with Gasteiger partial charge in [-0.05, 0) is 56.2 Å². The predicted octanol–water partition coefficient (Wildman–Crippen LogP) is 3.50. The van der Waals surface area contributed by atoms with Gasteiger partial charge in [-0.2, -0.15) is 0 Å². The smallest absolute Gasteiger partial charge is 0.277 e. The van der Waals surface area contributed by atoms with Gasteiger partial charge in [-0.1, -0.05) is 28.9 Å². The summed E-state index contributed by atoms with van der Waals surface area (Å²) in [6.07, 6.45) is 0.0754. The van der Waals surface area contributed by atoms with Crippen molar-refractivity contribution in [3.05, 3.63) is 63.9 Å². The van der Waals surface area contributed by atoms with Crippen LogP contribution in [0.5, 0.6) is 0 Å². The summed E-state index contributed by atoms with van der Waals surface area (Å²) in [4.78, 5) is 17.8. The Hall–Kier alpha value is -3.06. The summed E-state index contributed by atoms with van der Waals surface area (Å²) >= 11 is 6.15. The van der Waals surface area contributed by atoms with Crippen molar-refractivity contribution >= 4 is 34.2 Å². The summed E-state index contributed by atoms with van der Waals surface area (Å²) in [5.41, 5.74) is 6.26. The van der Waals surface area contributed by atoms with E-state index in [9.17, 15) is 4.79 Å². The van der Waals surface area contributed by atoms with Crippen LogP contribution in [-0.4, -0.2) is 38.5 Å². The van der Waals surface area contributed by atoms with Gasteiger partial charge in [0.25, 0.3) is 5.91 Å². The molecule has 0 bridgehead atoms. The van der Waals surface area contributed by atoms with Gasteiger partial charge in [0.15, 0.2) is 0 Å². The van der Waals surface area contributed by atoms with E-state index in [0.29, 0.717) is 10.7 Å². The third kappa shape index (κ3) is 2.61. The van der Waals surface area contributed by atoms with Gasteiger partial charge in [0, 0.05) is 24.3 Å². The second-order valence-corrected chi connectivity index (χ2v) is 8.28. The monoisotopic (exact) mass is 422 g/mol. The van der Waals surface area contributed by atoms with Gasteiger partial charge in [0.2, 0.25) is 0 Å². The Morgan fingerprint density at radius 2 is 1.93 bits per heavy atom. The molecule has 2 aliphatic heterocycles.